The largest absolute Gasteiger partial charge is 0.423 e. The van der Waals surface area contributed by atoms with Crippen molar-refractivity contribution in [2.75, 3.05) is 5.32 Å². The lowest BCUT2D eigenvalue weighted by Crippen LogP contribution is -2.03. The van der Waals surface area contributed by atoms with Crippen LogP contribution in [0.4, 0.5) is 15.2 Å². The van der Waals surface area contributed by atoms with E-state index in [0.717, 1.165) is 17.1 Å². The first-order valence-electron chi connectivity index (χ1n) is 9.05. The van der Waals surface area contributed by atoms with E-state index in [0.29, 0.717) is 16.4 Å². The average molecular weight is 417 g/mol. The maximum atomic E-state index is 12.9. The second-order valence-electron chi connectivity index (χ2n) is 6.21. The van der Waals surface area contributed by atoms with Crippen LogP contribution in [0.1, 0.15) is 5.56 Å². The molecule has 0 spiro atoms. The van der Waals surface area contributed by atoms with Gasteiger partial charge in [-0.3, -0.25) is 4.98 Å². The third kappa shape index (κ3) is 5.15. The second kappa shape index (κ2) is 9.11. The highest BCUT2D eigenvalue weighted by Crippen LogP contribution is 2.27. The first-order chi connectivity index (χ1) is 14.7. The number of carbonyl (C=O) groups excluding carboxylic acids is 1. The molecule has 0 aliphatic rings. The van der Waals surface area contributed by atoms with Gasteiger partial charge in [-0.05, 0) is 48.0 Å². The quantitative estimate of drug-likeness (QED) is 0.247. The number of thiazole rings is 1. The lowest BCUT2D eigenvalue weighted by Gasteiger charge is -2.06. The summed E-state index contributed by atoms with van der Waals surface area (Å²) in [5.41, 5.74) is 3.04. The van der Waals surface area contributed by atoms with Gasteiger partial charge in [0.25, 0.3) is 0 Å². The summed E-state index contributed by atoms with van der Waals surface area (Å²) < 4.78 is 18.3. The Bertz CT molecular complexity index is 1170. The minimum atomic E-state index is -0.525. The van der Waals surface area contributed by atoms with Crippen LogP contribution in [0.3, 0.4) is 0 Å². The molecule has 2 heterocycles. The zero-order chi connectivity index (χ0) is 20.8. The standard InChI is InChI=1S/C23H16FN3O2S/c24-17-10-7-16(8-11-17)9-12-22(28)29-19-5-3-4-18(14-19)26-23-27-21(15-30-23)20-6-1-2-13-25-20/h1-15H,(H,26,27)/b12-9+. The van der Waals surface area contributed by atoms with Crippen molar-refractivity contribution in [1.29, 1.82) is 0 Å². The molecular formula is C23H16FN3O2S. The number of pyridine rings is 1. The van der Waals surface area contributed by atoms with Gasteiger partial charge >= 0.3 is 5.97 Å². The highest BCUT2D eigenvalue weighted by Gasteiger charge is 2.07. The Morgan fingerprint density at radius 3 is 2.70 bits per heavy atom. The number of esters is 1. The number of halogens is 1. The molecule has 4 rings (SSSR count). The van der Waals surface area contributed by atoms with E-state index in [-0.39, 0.29) is 5.82 Å². The molecule has 0 radical (unpaired) electrons. The summed E-state index contributed by atoms with van der Waals surface area (Å²) in [5.74, 6) is -0.454. The van der Waals surface area contributed by atoms with Crippen molar-refractivity contribution >= 4 is 34.2 Å². The molecule has 2 aromatic carbocycles. The number of hydrogen-bond acceptors (Lipinski definition) is 6. The Morgan fingerprint density at radius 2 is 1.90 bits per heavy atom. The number of aromatic nitrogens is 2. The van der Waals surface area contributed by atoms with Gasteiger partial charge in [-0.25, -0.2) is 14.2 Å². The Kier molecular flexibility index (Phi) is 5.91. The molecule has 0 saturated heterocycles. The number of rotatable bonds is 6. The lowest BCUT2D eigenvalue weighted by atomic mass is 10.2. The molecule has 7 heteroatoms. The van der Waals surface area contributed by atoms with E-state index < -0.39 is 5.97 Å². The molecule has 0 fully saturated rings. The number of anilines is 2. The predicted molar refractivity (Wildman–Crippen MR) is 116 cm³/mol. The number of hydrogen-bond donors (Lipinski definition) is 1. The summed E-state index contributed by atoms with van der Waals surface area (Å²) in [4.78, 5) is 20.9. The number of ether oxygens (including phenoxy) is 1. The first-order valence-corrected chi connectivity index (χ1v) is 9.93. The van der Waals surface area contributed by atoms with Gasteiger partial charge in [-0.2, -0.15) is 0 Å². The zero-order valence-electron chi connectivity index (χ0n) is 15.7. The van der Waals surface area contributed by atoms with E-state index in [1.807, 2.05) is 29.6 Å². The van der Waals surface area contributed by atoms with E-state index in [4.69, 9.17) is 4.74 Å². The van der Waals surface area contributed by atoms with Gasteiger partial charge in [-0.1, -0.05) is 24.3 Å². The second-order valence-corrected chi connectivity index (χ2v) is 7.07. The molecule has 1 N–H and O–H groups in total. The molecule has 0 aliphatic carbocycles. The van der Waals surface area contributed by atoms with Crippen LogP contribution in [0.5, 0.6) is 5.75 Å². The summed E-state index contributed by atoms with van der Waals surface area (Å²) in [6.07, 6.45) is 4.59. The Labute approximate surface area is 176 Å². The van der Waals surface area contributed by atoms with Crippen LogP contribution < -0.4 is 10.1 Å². The van der Waals surface area contributed by atoms with E-state index >= 15 is 0 Å². The summed E-state index contributed by atoms with van der Waals surface area (Å²) in [6.45, 7) is 0. The van der Waals surface area contributed by atoms with Gasteiger partial charge in [-0.15, -0.1) is 11.3 Å². The van der Waals surface area contributed by atoms with Crippen molar-refractivity contribution in [3.05, 3.63) is 95.8 Å². The van der Waals surface area contributed by atoms with E-state index in [1.54, 1.807) is 42.6 Å². The molecule has 0 saturated carbocycles. The van der Waals surface area contributed by atoms with Crippen LogP contribution in [0.25, 0.3) is 17.5 Å². The van der Waals surface area contributed by atoms with Crippen LogP contribution in [0.2, 0.25) is 0 Å². The first kappa shape index (κ1) is 19.5. The predicted octanol–water partition coefficient (Wildman–Crippen LogP) is 5.71. The van der Waals surface area contributed by atoms with Gasteiger partial charge in [0.2, 0.25) is 0 Å². The Morgan fingerprint density at radius 1 is 1.03 bits per heavy atom. The third-order valence-corrected chi connectivity index (χ3v) is 4.77. The summed E-state index contributed by atoms with van der Waals surface area (Å²) in [5, 5.41) is 5.84. The summed E-state index contributed by atoms with van der Waals surface area (Å²) in [7, 11) is 0. The van der Waals surface area contributed by atoms with Crippen LogP contribution >= 0.6 is 11.3 Å². The van der Waals surface area contributed by atoms with E-state index in [2.05, 4.69) is 15.3 Å². The summed E-state index contributed by atoms with van der Waals surface area (Å²) in [6, 6.07) is 18.5. The maximum Gasteiger partial charge on any atom is 0.336 e. The number of carbonyl (C=O) groups is 1. The number of nitrogens with zero attached hydrogens (tertiary/aromatic N) is 2. The highest BCUT2D eigenvalue weighted by atomic mass is 32.1. The van der Waals surface area contributed by atoms with Gasteiger partial charge < -0.3 is 10.1 Å². The van der Waals surface area contributed by atoms with Crippen molar-refractivity contribution < 1.29 is 13.9 Å². The van der Waals surface area contributed by atoms with Crippen molar-refractivity contribution in [2.24, 2.45) is 0 Å². The van der Waals surface area contributed by atoms with Crippen molar-refractivity contribution in [1.82, 2.24) is 9.97 Å². The van der Waals surface area contributed by atoms with Gasteiger partial charge in [0.05, 0.1) is 5.69 Å². The van der Waals surface area contributed by atoms with Crippen LogP contribution in [0.15, 0.2) is 84.4 Å². The minimum Gasteiger partial charge on any atom is -0.423 e. The Balaban J connectivity index is 1.40. The van der Waals surface area contributed by atoms with Crippen LogP contribution in [0, 0.1) is 5.82 Å². The highest BCUT2D eigenvalue weighted by molar-refractivity contribution is 7.14. The molecule has 4 aromatic rings. The fourth-order valence-electron chi connectivity index (χ4n) is 2.61. The fourth-order valence-corrected chi connectivity index (χ4v) is 3.34. The zero-order valence-corrected chi connectivity index (χ0v) is 16.5. The van der Waals surface area contributed by atoms with Gasteiger partial charge in [0.15, 0.2) is 5.13 Å². The molecule has 2 aromatic heterocycles. The van der Waals surface area contributed by atoms with Crippen molar-refractivity contribution in [3.8, 4) is 17.1 Å². The van der Waals surface area contributed by atoms with Crippen LogP contribution in [-0.4, -0.2) is 15.9 Å². The van der Waals surface area contributed by atoms with E-state index in [1.165, 1.54) is 29.5 Å². The monoisotopic (exact) mass is 417 g/mol. The molecule has 0 bridgehead atoms. The maximum absolute atomic E-state index is 12.9. The third-order valence-electron chi connectivity index (χ3n) is 4.02. The lowest BCUT2D eigenvalue weighted by molar-refractivity contribution is -0.128. The molecule has 30 heavy (non-hydrogen) atoms. The number of nitrogens with one attached hydrogen (secondary N) is 1. The smallest absolute Gasteiger partial charge is 0.336 e. The normalized spacial score (nSPS) is 10.8. The molecule has 148 valence electrons. The fraction of sp³-hybridized carbons (Fsp3) is 0. The van der Waals surface area contributed by atoms with Gasteiger partial charge in [0.1, 0.15) is 17.3 Å². The molecule has 0 aliphatic heterocycles. The SMILES string of the molecule is O=C(/C=C/c1ccc(F)cc1)Oc1cccc(Nc2nc(-c3ccccn3)cs2)c1. The topological polar surface area (TPSA) is 64.1 Å². The van der Waals surface area contributed by atoms with Crippen LogP contribution in [-0.2, 0) is 4.79 Å². The van der Waals surface area contributed by atoms with Gasteiger partial charge in [0, 0.05) is 29.4 Å². The molecule has 0 atom stereocenters. The van der Waals surface area contributed by atoms with Crippen molar-refractivity contribution in [3.63, 3.8) is 0 Å². The van der Waals surface area contributed by atoms with E-state index in [9.17, 15) is 9.18 Å². The molecule has 0 amide bonds. The van der Waals surface area contributed by atoms with Crippen molar-refractivity contribution in [2.45, 2.75) is 0 Å². The molecule has 5 nitrogen and oxygen atoms in total. The minimum absolute atomic E-state index is 0.327. The Hall–Kier alpha value is -3.84. The molecular weight excluding hydrogens is 401 g/mol. The average Bonchev–Trinajstić information content (AvgIpc) is 3.23. The summed E-state index contributed by atoms with van der Waals surface area (Å²) >= 11 is 1.46. The number of benzene rings is 2. The molecule has 0 unspecified atom stereocenters.